The molecule has 0 aliphatic carbocycles. The fraction of sp³-hybridized carbons (Fsp3) is 0.952. The van der Waals surface area contributed by atoms with Crippen LogP contribution in [0.2, 0.25) is 0 Å². The molecule has 53 heavy (non-hydrogen) atoms. The highest BCUT2D eigenvalue weighted by atomic mass is 31.2. The normalized spacial score (nSPS) is 13.8. The number of esters is 2. The van der Waals surface area contributed by atoms with Crippen molar-refractivity contribution in [1.82, 2.24) is 0 Å². The lowest BCUT2D eigenvalue weighted by Gasteiger charge is -2.20. The molecular weight excluding hydrogens is 695 g/mol. The van der Waals surface area contributed by atoms with E-state index in [-0.39, 0.29) is 19.4 Å². The van der Waals surface area contributed by atoms with E-state index in [1.54, 1.807) is 0 Å². The molecule has 0 aromatic rings. The average Bonchev–Trinajstić information content (AvgIpc) is 3.14. The lowest BCUT2D eigenvalue weighted by atomic mass is 10.0. The van der Waals surface area contributed by atoms with Crippen LogP contribution < -0.4 is 0 Å². The predicted octanol–water partition coefficient (Wildman–Crippen LogP) is 11.5. The number of aliphatic hydroxyl groups excluding tert-OH is 2. The molecule has 0 bridgehead atoms. The van der Waals surface area contributed by atoms with Crippen molar-refractivity contribution >= 4 is 19.8 Å². The summed E-state index contributed by atoms with van der Waals surface area (Å²) < 4.78 is 32.6. The van der Waals surface area contributed by atoms with Crippen molar-refractivity contribution < 1.29 is 47.8 Å². The lowest BCUT2D eigenvalue weighted by molar-refractivity contribution is -0.161. The molecule has 1 unspecified atom stereocenters. The minimum atomic E-state index is -4.60. The molecule has 0 fully saturated rings. The molecule has 0 aromatic heterocycles. The van der Waals surface area contributed by atoms with E-state index in [0.717, 1.165) is 32.1 Å². The summed E-state index contributed by atoms with van der Waals surface area (Å²) in [6.45, 7) is 2.39. The minimum Gasteiger partial charge on any atom is -0.462 e. The Labute approximate surface area is 324 Å². The number of phosphoric acid groups is 1. The van der Waals surface area contributed by atoms with Gasteiger partial charge in [0.2, 0.25) is 0 Å². The number of phosphoric ester groups is 1. The first-order chi connectivity index (χ1) is 25.7. The van der Waals surface area contributed by atoms with Gasteiger partial charge < -0.3 is 24.6 Å². The number of hydrogen-bond acceptors (Lipinski definition) is 9. The number of hydrogen-bond donors (Lipinski definition) is 3. The molecule has 10 nitrogen and oxygen atoms in total. The molecule has 0 saturated carbocycles. The smallest absolute Gasteiger partial charge is 0.462 e. The fourth-order valence-electron chi connectivity index (χ4n) is 6.35. The van der Waals surface area contributed by atoms with E-state index < -0.39 is 51.8 Å². The Morgan fingerprint density at radius 1 is 0.491 bits per heavy atom. The van der Waals surface area contributed by atoms with Crippen molar-refractivity contribution in [2.45, 2.75) is 232 Å². The first kappa shape index (κ1) is 52.0. The van der Waals surface area contributed by atoms with Gasteiger partial charge in [0.05, 0.1) is 19.8 Å². The van der Waals surface area contributed by atoms with Crippen LogP contribution in [-0.4, -0.2) is 65.7 Å². The van der Waals surface area contributed by atoms with Gasteiger partial charge in [0.1, 0.15) is 12.7 Å². The second-order valence-electron chi connectivity index (χ2n) is 15.1. The third-order valence-corrected chi connectivity index (χ3v) is 10.7. The summed E-state index contributed by atoms with van der Waals surface area (Å²) >= 11 is 0. The summed E-state index contributed by atoms with van der Waals surface area (Å²) in [6.07, 6.45) is 35.2. The Hall–Kier alpha value is -1.03. The lowest BCUT2D eigenvalue weighted by Crippen LogP contribution is -2.29. The first-order valence-corrected chi connectivity index (χ1v) is 23.5. The zero-order valence-electron chi connectivity index (χ0n) is 34.3. The van der Waals surface area contributed by atoms with E-state index >= 15 is 0 Å². The summed E-state index contributed by atoms with van der Waals surface area (Å²) in [7, 11) is -4.60. The van der Waals surface area contributed by atoms with Crippen LogP contribution in [0, 0.1) is 0 Å². The summed E-state index contributed by atoms with van der Waals surface area (Å²) in [5.74, 6) is -0.913. The van der Waals surface area contributed by atoms with E-state index in [4.69, 9.17) is 19.1 Å². The third kappa shape index (κ3) is 39.0. The van der Waals surface area contributed by atoms with Gasteiger partial charge >= 0.3 is 19.8 Å². The van der Waals surface area contributed by atoms with Crippen molar-refractivity contribution in [3.05, 3.63) is 0 Å². The zero-order chi connectivity index (χ0) is 39.1. The molecule has 3 N–H and O–H groups in total. The largest absolute Gasteiger partial charge is 0.472 e. The molecule has 316 valence electrons. The van der Waals surface area contributed by atoms with Crippen LogP contribution >= 0.6 is 7.82 Å². The summed E-state index contributed by atoms with van der Waals surface area (Å²) in [5.41, 5.74) is 0. The molecule has 0 aliphatic heterocycles. The van der Waals surface area contributed by atoms with Gasteiger partial charge in [0, 0.05) is 12.8 Å². The van der Waals surface area contributed by atoms with Crippen LogP contribution in [-0.2, 0) is 32.7 Å². The quantitative estimate of drug-likeness (QED) is 0.0310. The van der Waals surface area contributed by atoms with Gasteiger partial charge in [0.25, 0.3) is 0 Å². The molecule has 0 saturated heterocycles. The molecule has 0 rings (SSSR count). The second kappa shape index (κ2) is 39.2. The minimum absolute atomic E-state index is 0.190. The SMILES string of the molecule is CCCCCCCCCCCCCCCCCCCCCCCC(=O)OC[C@@H](COP(=O)(O)OC[C@H](O)CO)OC(=O)CCCCCCCCCCC. The van der Waals surface area contributed by atoms with Crippen molar-refractivity contribution in [2.75, 3.05) is 26.4 Å². The molecule has 0 aliphatic rings. The topological polar surface area (TPSA) is 149 Å². The van der Waals surface area contributed by atoms with Gasteiger partial charge in [-0.05, 0) is 12.8 Å². The molecule has 0 aromatic carbocycles. The van der Waals surface area contributed by atoms with Crippen LogP contribution in [0.15, 0.2) is 0 Å². The van der Waals surface area contributed by atoms with E-state index in [0.29, 0.717) is 12.8 Å². The summed E-state index contributed by atoms with van der Waals surface area (Å²) in [6, 6.07) is 0. The molecule has 0 amide bonds. The monoisotopic (exact) mass is 779 g/mol. The Bertz CT molecular complexity index is 858. The van der Waals surface area contributed by atoms with E-state index in [2.05, 4.69) is 18.4 Å². The maximum Gasteiger partial charge on any atom is 0.472 e. The maximum atomic E-state index is 12.5. The van der Waals surface area contributed by atoms with Gasteiger partial charge in [-0.15, -0.1) is 0 Å². The van der Waals surface area contributed by atoms with Gasteiger partial charge in [0.15, 0.2) is 6.10 Å². The van der Waals surface area contributed by atoms with Crippen molar-refractivity contribution in [2.24, 2.45) is 0 Å². The molecule has 3 atom stereocenters. The highest BCUT2D eigenvalue weighted by Crippen LogP contribution is 2.43. The van der Waals surface area contributed by atoms with E-state index in [1.165, 1.54) is 148 Å². The number of carbonyl (C=O) groups is 2. The molecule has 0 spiro atoms. The van der Waals surface area contributed by atoms with Crippen LogP contribution in [0.3, 0.4) is 0 Å². The zero-order valence-corrected chi connectivity index (χ0v) is 35.2. The van der Waals surface area contributed by atoms with Crippen molar-refractivity contribution in [3.63, 3.8) is 0 Å². The summed E-state index contributed by atoms with van der Waals surface area (Å²) in [5, 5.41) is 18.3. The molecule has 0 heterocycles. The number of carbonyl (C=O) groups excluding carboxylic acids is 2. The average molecular weight is 779 g/mol. The molecule has 0 radical (unpaired) electrons. The van der Waals surface area contributed by atoms with Crippen molar-refractivity contribution in [3.8, 4) is 0 Å². The Morgan fingerprint density at radius 2 is 0.811 bits per heavy atom. The Kier molecular flexibility index (Phi) is 38.5. The van der Waals surface area contributed by atoms with Crippen LogP contribution in [0.5, 0.6) is 0 Å². The number of aliphatic hydroxyl groups is 2. The Morgan fingerprint density at radius 3 is 1.17 bits per heavy atom. The van der Waals surface area contributed by atoms with Crippen LogP contribution in [0.25, 0.3) is 0 Å². The maximum absolute atomic E-state index is 12.5. The molecular formula is C42H83O10P. The third-order valence-electron chi connectivity index (χ3n) is 9.76. The standard InChI is InChI=1S/C42H83O10P/c1-3-5-7-9-11-13-14-15-16-17-18-19-20-21-22-23-24-26-27-29-31-33-41(45)49-37-40(38-51-53(47,48)50-36-39(44)35-43)52-42(46)34-32-30-28-25-12-10-8-6-4-2/h39-40,43-44H,3-38H2,1-2H3,(H,47,48)/t39-,40+/m1/s1. The highest BCUT2D eigenvalue weighted by Gasteiger charge is 2.27. The number of rotatable bonds is 42. The second-order valence-corrected chi connectivity index (χ2v) is 16.5. The van der Waals surface area contributed by atoms with Gasteiger partial charge in [-0.2, -0.15) is 0 Å². The number of ether oxygens (including phenoxy) is 2. The first-order valence-electron chi connectivity index (χ1n) is 22.0. The van der Waals surface area contributed by atoms with Gasteiger partial charge in [-0.1, -0.05) is 194 Å². The van der Waals surface area contributed by atoms with Crippen LogP contribution in [0.4, 0.5) is 0 Å². The fourth-order valence-corrected chi connectivity index (χ4v) is 7.14. The van der Waals surface area contributed by atoms with Crippen LogP contribution in [0.1, 0.15) is 219 Å². The number of unbranched alkanes of at least 4 members (excludes halogenated alkanes) is 28. The summed E-state index contributed by atoms with van der Waals surface area (Å²) in [4.78, 5) is 34.8. The Balaban J connectivity index is 4.09. The van der Waals surface area contributed by atoms with Gasteiger partial charge in [-0.3, -0.25) is 18.6 Å². The van der Waals surface area contributed by atoms with Gasteiger partial charge in [-0.25, -0.2) is 4.57 Å². The van der Waals surface area contributed by atoms with E-state index in [1.807, 2.05) is 0 Å². The van der Waals surface area contributed by atoms with E-state index in [9.17, 15) is 24.2 Å². The predicted molar refractivity (Wildman–Crippen MR) is 215 cm³/mol. The highest BCUT2D eigenvalue weighted by molar-refractivity contribution is 7.47. The molecule has 11 heteroatoms. The van der Waals surface area contributed by atoms with Crippen molar-refractivity contribution in [1.29, 1.82) is 0 Å².